The summed E-state index contributed by atoms with van der Waals surface area (Å²) < 4.78 is 12.2. The first-order valence-corrected chi connectivity index (χ1v) is 14.4. The molecule has 1 N–H and O–H groups in total. The van der Waals surface area contributed by atoms with Gasteiger partial charge in [-0.15, -0.1) is 11.6 Å². The molecule has 0 spiro atoms. The van der Waals surface area contributed by atoms with Gasteiger partial charge in [0.25, 0.3) is 5.56 Å². The number of aromatic nitrogens is 6. The lowest BCUT2D eigenvalue weighted by Crippen LogP contribution is -2.22. The van der Waals surface area contributed by atoms with Crippen LogP contribution in [0.2, 0.25) is 0 Å². The number of nitrogens with zero attached hydrogens (tertiary/aromatic N) is 6. The third-order valence-electron chi connectivity index (χ3n) is 7.30. The number of benzene rings is 2. The molecule has 5 aromatic rings. The second-order valence-corrected chi connectivity index (χ2v) is 10.5. The summed E-state index contributed by atoms with van der Waals surface area (Å²) in [5.74, 6) is 3.00. The second-order valence-electron chi connectivity index (χ2n) is 10.2. The van der Waals surface area contributed by atoms with Gasteiger partial charge in [0.2, 0.25) is 5.88 Å². The maximum atomic E-state index is 12.5. The van der Waals surface area contributed by atoms with Crippen LogP contribution in [-0.4, -0.2) is 43.9 Å². The second kappa shape index (κ2) is 12.6. The molecule has 10 nitrogen and oxygen atoms in total. The maximum Gasteiger partial charge on any atom is 0.267 e. The Bertz CT molecular complexity index is 1790. The fraction of sp³-hybridized carbons (Fsp3) is 0.250. The Balaban J connectivity index is 1.19. The van der Waals surface area contributed by atoms with Crippen molar-refractivity contribution in [1.82, 2.24) is 29.7 Å². The highest BCUT2D eigenvalue weighted by Crippen LogP contribution is 2.45. The molecule has 6 rings (SSSR count). The maximum absolute atomic E-state index is 12.5. The van der Waals surface area contributed by atoms with E-state index in [0.29, 0.717) is 42.2 Å². The van der Waals surface area contributed by atoms with Gasteiger partial charge in [-0.3, -0.25) is 4.79 Å². The number of nitrogens with one attached hydrogen (secondary N) is 1. The van der Waals surface area contributed by atoms with Gasteiger partial charge in [-0.1, -0.05) is 36.4 Å². The van der Waals surface area contributed by atoms with Crippen molar-refractivity contribution in [2.45, 2.75) is 37.7 Å². The molecular weight excluding hydrogens is 566 g/mol. The van der Waals surface area contributed by atoms with E-state index < -0.39 is 0 Å². The zero-order valence-electron chi connectivity index (χ0n) is 23.8. The first-order chi connectivity index (χ1) is 21.1. The Morgan fingerprint density at radius 1 is 0.930 bits per heavy atom. The van der Waals surface area contributed by atoms with Crippen molar-refractivity contribution >= 4 is 17.4 Å². The third-order valence-corrected chi connectivity index (χ3v) is 7.59. The number of methoxy groups -OCH3 is 2. The van der Waals surface area contributed by atoms with Crippen LogP contribution in [0.1, 0.15) is 41.1 Å². The first-order valence-electron chi connectivity index (χ1n) is 13.9. The van der Waals surface area contributed by atoms with Crippen molar-refractivity contribution in [3.63, 3.8) is 0 Å². The zero-order chi connectivity index (χ0) is 29.8. The quantitative estimate of drug-likeness (QED) is 0.199. The van der Waals surface area contributed by atoms with Gasteiger partial charge in [-0.25, -0.2) is 24.6 Å². The Morgan fingerprint density at radius 3 is 2.40 bits per heavy atom. The molecule has 1 aliphatic carbocycles. The summed E-state index contributed by atoms with van der Waals surface area (Å²) in [6.07, 6.45) is 5.41. The largest absolute Gasteiger partial charge is 0.497 e. The van der Waals surface area contributed by atoms with Crippen molar-refractivity contribution in [3.8, 4) is 34.3 Å². The highest BCUT2D eigenvalue weighted by atomic mass is 35.5. The molecule has 0 bridgehead atoms. The summed E-state index contributed by atoms with van der Waals surface area (Å²) in [4.78, 5) is 30.7. The molecule has 1 fully saturated rings. The predicted octanol–water partition coefficient (Wildman–Crippen LogP) is 5.45. The van der Waals surface area contributed by atoms with Crippen LogP contribution in [0, 0.1) is 0 Å². The van der Waals surface area contributed by atoms with Crippen LogP contribution in [0.25, 0.3) is 22.6 Å². The average Bonchev–Trinajstić information content (AvgIpc) is 3.91. The Kier molecular flexibility index (Phi) is 8.28. The van der Waals surface area contributed by atoms with E-state index in [2.05, 4.69) is 25.4 Å². The highest BCUT2D eigenvalue weighted by molar-refractivity contribution is 6.17. The molecule has 0 atom stereocenters. The number of hydrogen-bond donors (Lipinski definition) is 1. The molecule has 0 radical (unpaired) electrons. The van der Waals surface area contributed by atoms with Crippen molar-refractivity contribution in [2.75, 3.05) is 19.5 Å². The van der Waals surface area contributed by atoms with Crippen molar-refractivity contribution in [3.05, 3.63) is 106 Å². The van der Waals surface area contributed by atoms with Crippen LogP contribution >= 0.6 is 11.6 Å². The molecule has 0 saturated heterocycles. The molecular formula is C32H30ClN7O3. The molecule has 43 heavy (non-hydrogen) atoms. The zero-order valence-corrected chi connectivity index (χ0v) is 24.6. The number of halogens is 1. The molecule has 1 saturated carbocycles. The van der Waals surface area contributed by atoms with Crippen LogP contribution < -0.4 is 20.3 Å². The minimum absolute atomic E-state index is 0.163. The number of alkyl halides is 1. The van der Waals surface area contributed by atoms with Crippen molar-refractivity contribution in [1.29, 1.82) is 0 Å². The van der Waals surface area contributed by atoms with E-state index in [0.717, 1.165) is 52.1 Å². The van der Waals surface area contributed by atoms with Crippen molar-refractivity contribution in [2.24, 2.45) is 0 Å². The van der Waals surface area contributed by atoms with Gasteiger partial charge in [0, 0.05) is 35.9 Å². The summed E-state index contributed by atoms with van der Waals surface area (Å²) in [7, 11) is 3.21. The van der Waals surface area contributed by atoms with E-state index in [1.54, 1.807) is 32.5 Å². The van der Waals surface area contributed by atoms with Gasteiger partial charge in [-0.2, -0.15) is 5.10 Å². The highest BCUT2D eigenvalue weighted by Gasteiger charge is 2.31. The van der Waals surface area contributed by atoms with E-state index in [4.69, 9.17) is 26.1 Å². The molecule has 218 valence electrons. The fourth-order valence-corrected chi connectivity index (χ4v) is 4.99. The number of ether oxygens (including phenoxy) is 2. The van der Waals surface area contributed by atoms with Crippen LogP contribution in [-0.2, 0) is 19.0 Å². The lowest BCUT2D eigenvalue weighted by atomic mass is 10.1. The van der Waals surface area contributed by atoms with Crippen LogP contribution in [0.5, 0.6) is 11.6 Å². The van der Waals surface area contributed by atoms with Gasteiger partial charge in [0.05, 0.1) is 38.0 Å². The fourth-order valence-electron chi connectivity index (χ4n) is 4.79. The molecule has 2 aromatic carbocycles. The summed E-state index contributed by atoms with van der Waals surface area (Å²) in [6, 6.07) is 18.9. The van der Waals surface area contributed by atoms with Crippen LogP contribution in [0.15, 0.2) is 78.0 Å². The average molecular weight is 596 g/mol. The standard InChI is InChI=1S/C32H30ClN7O3/c1-42-25-11-5-21(6-12-25)18-40-27(41)14-13-26(39-40)22-7-3-20(4-8-22)16-34-30-24(15-33)17-35-31(38-30)28-29(23-9-10-23)36-19-37-32(28)43-2/h3-8,11-14,17,19,23H,9-10,15-16,18H2,1-2H3,(H,34,35,38). The van der Waals surface area contributed by atoms with E-state index in [-0.39, 0.29) is 11.4 Å². The number of hydrogen-bond acceptors (Lipinski definition) is 9. The van der Waals surface area contributed by atoms with Gasteiger partial charge >= 0.3 is 0 Å². The Hall–Kier alpha value is -4.83. The van der Waals surface area contributed by atoms with Crippen LogP contribution in [0.4, 0.5) is 5.82 Å². The molecule has 0 unspecified atom stereocenters. The van der Waals surface area contributed by atoms with Crippen LogP contribution in [0.3, 0.4) is 0 Å². The summed E-state index contributed by atoms with van der Waals surface area (Å²) in [5, 5.41) is 8.02. The van der Waals surface area contributed by atoms with Gasteiger partial charge in [-0.05, 0) is 42.2 Å². The number of rotatable bonds is 11. The molecule has 0 amide bonds. The van der Waals surface area contributed by atoms with Gasteiger partial charge in [0.1, 0.15) is 23.5 Å². The molecule has 1 aliphatic rings. The lowest BCUT2D eigenvalue weighted by molar-refractivity contribution is 0.397. The topological polar surface area (TPSA) is 117 Å². The van der Waals surface area contributed by atoms with E-state index >= 15 is 0 Å². The van der Waals surface area contributed by atoms with Gasteiger partial charge in [0.15, 0.2) is 5.82 Å². The predicted molar refractivity (Wildman–Crippen MR) is 164 cm³/mol. The normalized spacial score (nSPS) is 12.6. The monoisotopic (exact) mass is 595 g/mol. The van der Waals surface area contributed by atoms with E-state index in [9.17, 15) is 4.79 Å². The molecule has 3 aromatic heterocycles. The van der Waals surface area contributed by atoms with E-state index in [1.807, 2.05) is 48.5 Å². The minimum Gasteiger partial charge on any atom is -0.497 e. The third kappa shape index (κ3) is 6.34. The number of anilines is 1. The Morgan fingerprint density at radius 2 is 1.70 bits per heavy atom. The van der Waals surface area contributed by atoms with Gasteiger partial charge < -0.3 is 14.8 Å². The van der Waals surface area contributed by atoms with Crippen molar-refractivity contribution < 1.29 is 9.47 Å². The summed E-state index contributed by atoms with van der Waals surface area (Å²) in [5.41, 5.74) is 5.87. The molecule has 3 heterocycles. The molecule has 0 aliphatic heterocycles. The Labute approximate surface area is 253 Å². The minimum atomic E-state index is -0.163. The lowest BCUT2D eigenvalue weighted by Gasteiger charge is -2.14. The molecule has 11 heteroatoms. The summed E-state index contributed by atoms with van der Waals surface area (Å²) >= 11 is 6.23. The summed E-state index contributed by atoms with van der Waals surface area (Å²) in [6.45, 7) is 0.883. The SMILES string of the molecule is COc1ccc(Cn2nc(-c3ccc(CNc4nc(-c5c(OC)ncnc5C5CC5)ncc4CCl)cc3)ccc2=O)cc1. The smallest absolute Gasteiger partial charge is 0.267 e. The first kappa shape index (κ1) is 28.3. The van der Waals surface area contributed by atoms with E-state index in [1.165, 1.54) is 11.0 Å².